The van der Waals surface area contributed by atoms with Crippen molar-refractivity contribution in [2.24, 2.45) is 16.0 Å². The van der Waals surface area contributed by atoms with Crippen LogP contribution in [0, 0.1) is 12.8 Å². The molecular formula is C17H21N5O4S. The normalized spacial score (nSPS) is 18.9. The number of carbonyl (C=O) groups is 1. The number of sulfonamides is 1. The van der Waals surface area contributed by atoms with Gasteiger partial charge in [-0.05, 0) is 37.1 Å². The number of aryl methyl sites for hydroxylation is 1. The number of benzene rings is 1. The zero-order valence-corrected chi connectivity index (χ0v) is 16.3. The van der Waals surface area contributed by atoms with E-state index in [2.05, 4.69) is 20.1 Å². The SMILES string of the molecule is COC(=O)C1CN2N=CN=C(Nc3ccc(C)c(NS(C)(=O)=O)c3)C2=C1C. The fraction of sp³-hybridized carbons (Fsp3) is 0.353. The molecule has 0 aromatic heterocycles. The van der Waals surface area contributed by atoms with E-state index in [1.165, 1.54) is 13.4 Å². The second kappa shape index (κ2) is 7.03. The van der Waals surface area contributed by atoms with Gasteiger partial charge in [0.25, 0.3) is 0 Å². The fourth-order valence-corrected chi connectivity index (χ4v) is 3.64. The number of hydrogen-bond donors (Lipinski definition) is 2. The van der Waals surface area contributed by atoms with Crippen LogP contribution in [0.1, 0.15) is 12.5 Å². The van der Waals surface area contributed by atoms with Crippen LogP contribution in [0.4, 0.5) is 11.4 Å². The summed E-state index contributed by atoms with van der Waals surface area (Å²) in [5, 5.41) is 9.09. The summed E-state index contributed by atoms with van der Waals surface area (Å²) in [5.74, 6) is -0.199. The van der Waals surface area contributed by atoms with Gasteiger partial charge in [0.2, 0.25) is 10.0 Å². The van der Waals surface area contributed by atoms with Gasteiger partial charge in [0, 0.05) is 5.69 Å². The zero-order chi connectivity index (χ0) is 19.8. The predicted molar refractivity (Wildman–Crippen MR) is 104 cm³/mol. The summed E-state index contributed by atoms with van der Waals surface area (Å²) in [5.41, 5.74) is 3.45. The van der Waals surface area contributed by atoms with Gasteiger partial charge in [-0.15, -0.1) is 0 Å². The number of esters is 1. The van der Waals surface area contributed by atoms with Crippen LogP contribution >= 0.6 is 0 Å². The summed E-state index contributed by atoms with van der Waals surface area (Å²) in [6, 6.07) is 5.32. The Kier molecular flexibility index (Phi) is 4.92. The third kappa shape index (κ3) is 3.95. The molecule has 27 heavy (non-hydrogen) atoms. The number of aliphatic imine (C=N–C) groups is 1. The highest BCUT2D eigenvalue weighted by molar-refractivity contribution is 7.92. The number of fused-ring (bicyclic) bond motifs is 1. The van der Waals surface area contributed by atoms with E-state index in [0.717, 1.165) is 17.4 Å². The third-order valence-electron chi connectivity index (χ3n) is 4.39. The largest absolute Gasteiger partial charge is 0.469 e. The monoisotopic (exact) mass is 391 g/mol. The van der Waals surface area contributed by atoms with E-state index >= 15 is 0 Å². The number of hydrogen-bond acceptors (Lipinski definition) is 8. The quantitative estimate of drug-likeness (QED) is 0.753. The molecular weight excluding hydrogens is 370 g/mol. The fourth-order valence-electron chi connectivity index (χ4n) is 3.02. The van der Waals surface area contributed by atoms with E-state index < -0.39 is 15.9 Å². The van der Waals surface area contributed by atoms with Gasteiger partial charge in [-0.25, -0.2) is 13.4 Å². The first-order valence-electron chi connectivity index (χ1n) is 8.22. The molecule has 0 bridgehead atoms. The van der Waals surface area contributed by atoms with Gasteiger partial charge in [-0.2, -0.15) is 5.10 Å². The van der Waals surface area contributed by atoms with E-state index in [1.54, 1.807) is 17.1 Å². The van der Waals surface area contributed by atoms with Gasteiger partial charge in [0.05, 0.1) is 31.5 Å². The first-order valence-corrected chi connectivity index (χ1v) is 10.1. The van der Waals surface area contributed by atoms with Crippen LogP contribution in [0.3, 0.4) is 0 Å². The first-order chi connectivity index (χ1) is 12.7. The molecule has 1 atom stereocenters. The Labute approximate surface area is 157 Å². The van der Waals surface area contributed by atoms with Crippen LogP contribution in [-0.4, -0.2) is 51.5 Å². The predicted octanol–water partition coefficient (Wildman–Crippen LogP) is 1.51. The van der Waals surface area contributed by atoms with Gasteiger partial charge in [-0.3, -0.25) is 14.5 Å². The molecule has 9 nitrogen and oxygen atoms in total. The van der Waals surface area contributed by atoms with E-state index in [-0.39, 0.29) is 5.97 Å². The standard InChI is InChI=1S/C17H21N5O4S/c1-10-5-6-12(7-14(10)21-27(4,24)25)20-16-15-11(2)13(17(23)26-3)8-22(15)19-9-18-16/h5-7,9,13,21H,8H2,1-4H3,(H,18,19,20). The van der Waals surface area contributed by atoms with E-state index in [4.69, 9.17) is 4.74 Å². The van der Waals surface area contributed by atoms with Crippen molar-refractivity contribution in [3.63, 3.8) is 0 Å². The summed E-state index contributed by atoms with van der Waals surface area (Å²) < 4.78 is 30.4. The number of carbonyl (C=O) groups excluding carboxylic acids is 1. The molecule has 2 N–H and O–H groups in total. The van der Waals surface area contributed by atoms with Crippen molar-refractivity contribution in [3.05, 3.63) is 35.0 Å². The molecule has 2 heterocycles. The molecule has 0 spiro atoms. The van der Waals surface area contributed by atoms with Crippen LogP contribution in [-0.2, 0) is 19.6 Å². The third-order valence-corrected chi connectivity index (χ3v) is 4.98. The molecule has 144 valence electrons. The minimum Gasteiger partial charge on any atom is -0.469 e. The number of nitrogens with one attached hydrogen (secondary N) is 2. The zero-order valence-electron chi connectivity index (χ0n) is 15.5. The molecule has 2 aliphatic rings. The summed E-state index contributed by atoms with van der Waals surface area (Å²) in [7, 11) is -2.03. The van der Waals surface area contributed by atoms with Crippen molar-refractivity contribution in [2.45, 2.75) is 13.8 Å². The lowest BCUT2D eigenvalue weighted by atomic mass is 10.0. The number of amidine groups is 1. The molecule has 0 amide bonds. The van der Waals surface area contributed by atoms with Crippen LogP contribution in [0.2, 0.25) is 0 Å². The van der Waals surface area contributed by atoms with Crippen molar-refractivity contribution < 1.29 is 17.9 Å². The first kappa shape index (κ1) is 18.9. The molecule has 1 aromatic carbocycles. The number of rotatable bonds is 4. The number of methoxy groups -OCH3 is 1. The Morgan fingerprint density at radius 3 is 2.74 bits per heavy atom. The molecule has 1 unspecified atom stereocenters. The van der Waals surface area contributed by atoms with Crippen LogP contribution in [0.25, 0.3) is 0 Å². The smallest absolute Gasteiger partial charge is 0.314 e. The Balaban J connectivity index is 1.90. The molecule has 0 fully saturated rings. The Morgan fingerprint density at radius 1 is 1.33 bits per heavy atom. The van der Waals surface area contributed by atoms with Gasteiger partial charge >= 0.3 is 5.97 Å². The average molecular weight is 391 g/mol. The minimum atomic E-state index is -3.39. The molecule has 0 saturated heterocycles. The van der Waals surface area contributed by atoms with Crippen LogP contribution in [0.5, 0.6) is 0 Å². The second-order valence-corrected chi connectivity index (χ2v) is 8.18. The average Bonchev–Trinajstić information content (AvgIpc) is 2.94. The summed E-state index contributed by atoms with van der Waals surface area (Å²) in [4.78, 5) is 16.3. The lowest BCUT2D eigenvalue weighted by Crippen LogP contribution is -2.29. The Bertz CT molecular complexity index is 981. The lowest BCUT2D eigenvalue weighted by Gasteiger charge is -2.22. The molecule has 1 aromatic rings. The van der Waals surface area contributed by atoms with Crippen molar-refractivity contribution >= 4 is 39.5 Å². The molecule has 0 saturated carbocycles. The van der Waals surface area contributed by atoms with Crippen molar-refractivity contribution in [2.75, 3.05) is 29.9 Å². The Morgan fingerprint density at radius 2 is 2.07 bits per heavy atom. The molecule has 0 radical (unpaired) electrons. The summed E-state index contributed by atoms with van der Waals surface area (Å²) >= 11 is 0. The Hall–Kier alpha value is -2.88. The number of hydrazone groups is 1. The maximum Gasteiger partial charge on any atom is 0.314 e. The highest BCUT2D eigenvalue weighted by Crippen LogP contribution is 2.32. The number of nitrogens with zero attached hydrogens (tertiary/aromatic N) is 3. The van der Waals surface area contributed by atoms with Gasteiger partial charge in [0.15, 0.2) is 5.84 Å². The topological polar surface area (TPSA) is 112 Å². The molecule has 2 aliphatic heterocycles. The maximum absolute atomic E-state index is 12.0. The number of anilines is 2. The van der Waals surface area contributed by atoms with E-state index in [0.29, 0.717) is 29.5 Å². The minimum absolute atomic E-state index is 0.320. The summed E-state index contributed by atoms with van der Waals surface area (Å²) in [6.07, 6.45) is 2.51. The molecule has 10 heteroatoms. The van der Waals surface area contributed by atoms with E-state index in [9.17, 15) is 13.2 Å². The lowest BCUT2D eigenvalue weighted by molar-refractivity contribution is -0.144. The van der Waals surface area contributed by atoms with Gasteiger partial charge < -0.3 is 10.1 Å². The highest BCUT2D eigenvalue weighted by Gasteiger charge is 2.37. The highest BCUT2D eigenvalue weighted by atomic mass is 32.2. The van der Waals surface area contributed by atoms with Crippen LogP contribution in [0.15, 0.2) is 39.6 Å². The summed E-state index contributed by atoms with van der Waals surface area (Å²) in [6.45, 7) is 4.05. The van der Waals surface area contributed by atoms with Crippen molar-refractivity contribution in [1.29, 1.82) is 0 Å². The van der Waals surface area contributed by atoms with Crippen LogP contribution < -0.4 is 10.0 Å². The van der Waals surface area contributed by atoms with Crippen molar-refractivity contribution in [3.8, 4) is 0 Å². The number of ether oxygens (including phenoxy) is 1. The second-order valence-electron chi connectivity index (χ2n) is 6.43. The van der Waals surface area contributed by atoms with E-state index in [1.807, 2.05) is 19.9 Å². The molecule has 0 aliphatic carbocycles. The van der Waals surface area contributed by atoms with Crippen molar-refractivity contribution in [1.82, 2.24) is 5.01 Å². The van der Waals surface area contributed by atoms with Gasteiger partial charge in [-0.1, -0.05) is 6.07 Å². The maximum atomic E-state index is 12.0. The van der Waals surface area contributed by atoms with Gasteiger partial charge in [0.1, 0.15) is 12.0 Å². The molecule has 3 rings (SSSR count).